The number of piperidine rings is 1. The highest BCUT2D eigenvalue weighted by atomic mass is 35.5. The zero-order valence-corrected chi connectivity index (χ0v) is 13.2. The first-order chi connectivity index (χ1) is 9.70. The van der Waals surface area contributed by atoms with Gasteiger partial charge < -0.3 is 5.32 Å². The monoisotopic (exact) mass is 292 g/mol. The Morgan fingerprint density at radius 3 is 2.50 bits per heavy atom. The summed E-state index contributed by atoms with van der Waals surface area (Å²) in [5.41, 5.74) is 1.29. The van der Waals surface area contributed by atoms with Crippen molar-refractivity contribution < 1.29 is 0 Å². The summed E-state index contributed by atoms with van der Waals surface area (Å²) in [4.78, 5) is 2.73. The van der Waals surface area contributed by atoms with Crippen LogP contribution in [0.4, 0.5) is 0 Å². The van der Waals surface area contributed by atoms with E-state index in [9.17, 15) is 0 Å². The Hall–Kier alpha value is -0.570. The van der Waals surface area contributed by atoms with Crippen LogP contribution in [-0.2, 0) is 0 Å². The minimum atomic E-state index is 0.434. The van der Waals surface area contributed by atoms with Gasteiger partial charge in [0.15, 0.2) is 0 Å². The van der Waals surface area contributed by atoms with Gasteiger partial charge in [-0.15, -0.1) is 0 Å². The Morgan fingerprint density at radius 2 is 1.90 bits per heavy atom. The lowest BCUT2D eigenvalue weighted by Gasteiger charge is -2.43. The molecule has 3 heteroatoms. The second-order valence-electron chi connectivity index (χ2n) is 6.26. The second kappa shape index (κ2) is 6.05. The van der Waals surface area contributed by atoms with Gasteiger partial charge in [-0.05, 0) is 50.8 Å². The van der Waals surface area contributed by atoms with Gasteiger partial charge in [-0.25, -0.2) is 0 Å². The first-order valence-electron chi connectivity index (χ1n) is 7.96. The Labute approximate surface area is 127 Å². The van der Waals surface area contributed by atoms with Crippen LogP contribution in [0.15, 0.2) is 24.3 Å². The predicted octanol–water partition coefficient (Wildman–Crippen LogP) is 4.01. The van der Waals surface area contributed by atoms with Gasteiger partial charge in [-0.1, -0.05) is 36.7 Å². The molecule has 110 valence electrons. The smallest absolute Gasteiger partial charge is 0.0453 e. The number of nitrogens with one attached hydrogen (secondary N) is 1. The first-order valence-corrected chi connectivity index (χ1v) is 8.33. The Morgan fingerprint density at radius 1 is 1.25 bits per heavy atom. The maximum atomic E-state index is 6.39. The molecule has 2 bridgehead atoms. The summed E-state index contributed by atoms with van der Waals surface area (Å²) in [7, 11) is 0. The Bertz CT molecular complexity index is 448. The van der Waals surface area contributed by atoms with E-state index in [1.54, 1.807) is 0 Å². The van der Waals surface area contributed by atoms with Gasteiger partial charge in [-0.2, -0.15) is 0 Å². The van der Waals surface area contributed by atoms with E-state index in [0.29, 0.717) is 12.1 Å². The van der Waals surface area contributed by atoms with Crippen LogP contribution < -0.4 is 5.32 Å². The largest absolute Gasteiger partial charge is 0.314 e. The number of halogens is 1. The van der Waals surface area contributed by atoms with E-state index < -0.39 is 0 Å². The van der Waals surface area contributed by atoms with Crippen molar-refractivity contribution in [1.82, 2.24) is 10.2 Å². The van der Waals surface area contributed by atoms with Gasteiger partial charge in [0.25, 0.3) is 0 Å². The van der Waals surface area contributed by atoms with Crippen LogP contribution in [0.3, 0.4) is 0 Å². The summed E-state index contributed by atoms with van der Waals surface area (Å²) >= 11 is 6.39. The molecule has 3 unspecified atom stereocenters. The van der Waals surface area contributed by atoms with Crippen LogP contribution in [0, 0.1) is 0 Å². The molecule has 0 amide bonds. The number of fused-ring (bicyclic) bond motifs is 2. The van der Waals surface area contributed by atoms with Gasteiger partial charge in [0.05, 0.1) is 0 Å². The van der Waals surface area contributed by atoms with Gasteiger partial charge in [0, 0.05) is 29.2 Å². The fourth-order valence-corrected chi connectivity index (χ4v) is 4.57. The lowest BCUT2D eigenvalue weighted by atomic mass is 9.93. The van der Waals surface area contributed by atoms with E-state index in [4.69, 9.17) is 11.6 Å². The second-order valence-corrected chi connectivity index (χ2v) is 6.66. The van der Waals surface area contributed by atoms with Crippen molar-refractivity contribution in [1.29, 1.82) is 0 Å². The molecular weight excluding hydrogens is 268 g/mol. The van der Waals surface area contributed by atoms with Crippen LogP contribution in [0.25, 0.3) is 0 Å². The third-order valence-corrected chi connectivity index (χ3v) is 5.43. The number of hydrogen-bond donors (Lipinski definition) is 1. The normalized spacial score (nSPS) is 31.4. The van der Waals surface area contributed by atoms with E-state index >= 15 is 0 Å². The highest BCUT2D eigenvalue weighted by molar-refractivity contribution is 6.31. The summed E-state index contributed by atoms with van der Waals surface area (Å²) in [6.45, 7) is 5.62. The Kier molecular flexibility index (Phi) is 4.34. The summed E-state index contributed by atoms with van der Waals surface area (Å²) in [5, 5.41) is 4.55. The zero-order valence-electron chi connectivity index (χ0n) is 12.5. The molecule has 2 nitrogen and oxygen atoms in total. The van der Waals surface area contributed by atoms with Gasteiger partial charge in [0.1, 0.15) is 0 Å². The standard InChI is InChI=1S/C17H25ClN2/c1-3-19-13-10-14-8-9-15(11-13)20(14)12(2)16-6-4-5-7-17(16)18/h4-7,12-15,19H,3,8-11H2,1-2H3. The van der Waals surface area contributed by atoms with Crippen molar-refractivity contribution >= 4 is 11.6 Å². The number of rotatable bonds is 4. The molecule has 1 aromatic rings. The average Bonchev–Trinajstić information content (AvgIpc) is 2.70. The van der Waals surface area contributed by atoms with E-state index in [2.05, 4.69) is 36.2 Å². The highest BCUT2D eigenvalue weighted by Gasteiger charge is 2.42. The number of benzene rings is 1. The van der Waals surface area contributed by atoms with Crippen molar-refractivity contribution in [3.63, 3.8) is 0 Å². The molecule has 2 aliphatic rings. The number of nitrogens with zero attached hydrogens (tertiary/aromatic N) is 1. The Balaban J connectivity index is 1.77. The topological polar surface area (TPSA) is 15.3 Å². The molecule has 0 spiro atoms. The van der Waals surface area contributed by atoms with E-state index in [1.165, 1.54) is 31.2 Å². The lowest BCUT2D eigenvalue weighted by molar-refractivity contribution is 0.0776. The SMILES string of the molecule is CCNC1CC2CCC(C1)N2C(C)c1ccccc1Cl. The molecule has 20 heavy (non-hydrogen) atoms. The summed E-state index contributed by atoms with van der Waals surface area (Å²) in [6, 6.07) is 10.9. The van der Waals surface area contributed by atoms with E-state index in [-0.39, 0.29) is 0 Å². The van der Waals surface area contributed by atoms with Gasteiger partial charge in [-0.3, -0.25) is 4.90 Å². The molecular formula is C17H25ClN2. The van der Waals surface area contributed by atoms with Gasteiger partial charge >= 0.3 is 0 Å². The molecule has 0 aromatic heterocycles. The van der Waals surface area contributed by atoms with Crippen molar-refractivity contribution in [3.05, 3.63) is 34.9 Å². The summed E-state index contributed by atoms with van der Waals surface area (Å²) in [6.07, 6.45) is 5.28. The van der Waals surface area contributed by atoms with Crippen LogP contribution in [0.1, 0.15) is 51.1 Å². The van der Waals surface area contributed by atoms with Crippen LogP contribution in [0.2, 0.25) is 5.02 Å². The molecule has 2 fully saturated rings. The molecule has 3 atom stereocenters. The maximum Gasteiger partial charge on any atom is 0.0453 e. The molecule has 0 radical (unpaired) electrons. The summed E-state index contributed by atoms with van der Waals surface area (Å²) in [5.74, 6) is 0. The van der Waals surface area contributed by atoms with Crippen LogP contribution >= 0.6 is 11.6 Å². The van der Waals surface area contributed by atoms with Crippen LogP contribution in [0.5, 0.6) is 0 Å². The van der Waals surface area contributed by atoms with Crippen LogP contribution in [-0.4, -0.2) is 29.6 Å². The maximum absolute atomic E-state index is 6.39. The fourth-order valence-electron chi connectivity index (χ4n) is 4.28. The summed E-state index contributed by atoms with van der Waals surface area (Å²) < 4.78 is 0. The molecule has 1 aromatic carbocycles. The quantitative estimate of drug-likeness (QED) is 0.902. The van der Waals surface area contributed by atoms with Crippen molar-refractivity contribution in [2.75, 3.05) is 6.54 Å². The van der Waals surface area contributed by atoms with Crippen molar-refractivity contribution in [2.24, 2.45) is 0 Å². The molecule has 2 aliphatic heterocycles. The molecule has 2 heterocycles. The first kappa shape index (κ1) is 14.4. The van der Waals surface area contributed by atoms with E-state index in [1.807, 2.05) is 12.1 Å². The fraction of sp³-hybridized carbons (Fsp3) is 0.647. The molecule has 3 rings (SSSR count). The third kappa shape index (κ3) is 2.61. The lowest BCUT2D eigenvalue weighted by Crippen LogP contribution is -2.49. The molecule has 0 aliphatic carbocycles. The predicted molar refractivity (Wildman–Crippen MR) is 85.2 cm³/mol. The third-order valence-electron chi connectivity index (χ3n) is 5.08. The van der Waals surface area contributed by atoms with Crippen molar-refractivity contribution in [3.8, 4) is 0 Å². The minimum Gasteiger partial charge on any atom is -0.314 e. The molecule has 1 N–H and O–H groups in total. The average molecular weight is 293 g/mol. The zero-order chi connectivity index (χ0) is 14.1. The highest BCUT2D eigenvalue weighted by Crippen LogP contribution is 2.42. The molecule has 2 saturated heterocycles. The van der Waals surface area contributed by atoms with Gasteiger partial charge in [0.2, 0.25) is 0 Å². The number of hydrogen-bond acceptors (Lipinski definition) is 2. The van der Waals surface area contributed by atoms with Crippen molar-refractivity contribution in [2.45, 2.75) is 63.7 Å². The molecule has 0 saturated carbocycles. The minimum absolute atomic E-state index is 0.434. The van der Waals surface area contributed by atoms with E-state index in [0.717, 1.165) is 23.7 Å².